The van der Waals surface area contributed by atoms with Gasteiger partial charge in [0.15, 0.2) is 0 Å². The Balaban J connectivity index is 1.82. The molecule has 2 amide bonds. The van der Waals surface area contributed by atoms with Crippen LogP contribution in [0.15, 0.2) is 24.3 Å². The topological polar surface area (TPSA) is 52.6 Å². The van der Waals surface area contributed by atoms with Gasteiger partial charge in [0.2, 0.25) is 0 Å². The van der Waals surface area contributed by atoms with Gasteiger partial charge in [0.05, 0.1) is 0 Å². The van der Waals surface area contributed by atoms with E-state index >= 15 is 0 Å². The maximum Gasteiger partial charge on any atom is 0.317 e. The third kappa shape index (κ3) is 3.20. The number of carbonyl (C=O) groups excluding carboxylic acids is 1. The molecule has 1 saturated heterocycles. The Labute approximate surface area is 105 Å². The van der Waals surface area contributed by atoms with Gasteiger partial charge in [-0.3, -0.25) is 0 Å². The van der Waals surface area contributed by atoms with Gasteiger partial charge in [0.25, 0.3) is 0 Å². The molecule has 2 N–H and O–H groups in total. The number of aliphatic hydroxyl groups is 1. The number of aliphatic hydroxyl groups excluding tert-OH is 1. The lowest BCUT2D eigenvalue weighted by Gasteiger charge is -2.17. The molecule has 1 heterocycles. The van der Waals surface area contributed by atoms with Crippen molar-refractivity contribution >= 4 is 6.03 Å². The van der Waals surface area contributed by atoms with Gasteiger partial charge in [-0.15, -0.1) is 0 Å². The minimum absolute atomic E-state index is 0.119. The van der Waals surface area contributed by atoms with Crippen molar-refractivity contribution in [1.82, 2.24) is 10.2 Å². The van der Waals surface area contributed by atoms with E-state index in [2.05, 4.69) is 5.32 Å². The molecule has 1 aromatic carbocycles. The fourth-order valence-electron chi connectivity index (χ4n) is 2.10. The minimum atomic E-state index is -0.303. The lowest BCUT2D eigenvalue weighted by molar-refractivity contribution is 0.198. The van der Waals surface area contributed by atoms with Crippen LogP contribution in [0.2, 0.25) is 0 Å². The Morgan fingerprint density at radius 2 is 2.39 bits per heavy atom. The van der Waals surface area contributed by atoms with Crippen molar-refractivity contribution in [3.8, 4) is 0 Å². The van der Waals surface area contributed by atoms with Crippen LogP contribution in [0.3, 0.4) is 0 Å². The number of benzene rings is 1. The first-order chi connectivity index (χ1) is 8.69. The van der Waals surface area contributed by atoms with Crippen molar-refractivity contribution in [1.29, 1.82) is 0 Å². The molecule has 1 unspecified atom stereocenters. The van der Waals surface area contributed by atoms with Gasteiger partial charge in [0, 0.05) is 32.2 Å². The van der Waals surface area contributed by atoms with Crippen molar-refractivity contribution in [3.05, 3.63) is 35.6 Å². The normalized spacial score (nSPS) is 19.0. The van der Waals surface area contributed by atoms with E-state index in [4.69, 9.17) is 5.11 Å². The molecule has 0 bridgehead atoms. The van der Waals surface area contributed by atoms with Gasteiger partial charge in [-0.2, -0.15) is 0 Å². The van der Waals surface area contributed by atoms with Gasteiger partial charge in [-0.1, -0.05) is 12.1 Å². The molecule has 0 spiro atoms. The first-order valence-electron chi connectivity index (χ1n) is 6.07. The Bertz CT molecular complexity index is 425. The summed E-state index contributed by atoms with van der Waals surface area (Å²) in [7, 11) is 0. The molecule has 1 fully saturated rings. The zero-order valence-electron chi connectivity index (χ0n) is 10.1. The van der Waals surface area contributed by atoms with Crippen LogP contribution in [0, 0.1) is 11.7 Å². The summed E-state index contributed by atoms with van der Waals surface area (Å²) in [6, 6.07) is 6.01. The second kappa shape index (κ2) is 5.82. The number of nitrogens with one attached hydrogen (secondary N) is 1. The number of likely N-dealkylation sites (tertiary alicyclic amines) is 1. The second-order valence-corrected chi connectivity index (χ2v) is 4.57. The van der Waals surface area contributed by atoms with Crippen LogP contribution in [0.1, 0.15) is 12.0 Å². The molecule has 1 atom stereocenters. The number of nitrogens with zero attached hydrogens (tertiary/aromatic N) is 1. The van der Waals surface area contributed by atoms with Gasteiger partial charge >= 0.3 is 6.03 Å². The fraction of sp³-hybridized carbons (Fsp3) is 0.462. The number of halogens is 1. The van der Waals surface area contributed by atoms with Crippen LogP contribution in [0.25, 0.3) is 0 Å². The highest BCUT2D eigenvalue weighted by Gasteiger charge is 2.25. The highest BCUT2D eigenvalue weighted by molar-refractivity contribution is 5.74. The maximum atomic E-state index is 12.9. The molecule has 0 radical (unpaired) electrons. The van der Waals surface area contributed by atoms with E-state index in [1.807, 2.05) is 0 Å². The highest BCUT2D eigenvalue weighted by atomic mass is 19.1. The van der Waals surface area contributed by atoms with E-state index in [1.165, 1.54) is 12.1 Å². The van der Waals surface area contributed by atoms with Crippen LogP contribution in [-0.4, -0.2) is 35.7 Å². The monoisotopic (exact) mass is 252 g/mol. The van der Waals surface area contributed by atoms with Gasteiger partial charge < -0.3 is 15.3 Å². The summed E-state index contributed by atoms with van der Waals surface area (Å²) in [5.74, 6) is -0.117. The average Bonchev–Trinajstić information content (AvgIpc) is 2.85. The number of rotatable bonds is 3. The van der Waals surface area contributed by atoms with Crippen molar-refractivity contribution in [2.75, 3.05) is 19.7 Å². The first-order valence-corrected chi connectivity index (χ1v) is 6.07. The smallest absolute Gasteiger partial charge is 0.317 e. The Morgan fingerprint density at radius 1 is 1.56 bits per heavy atom. The number of hydrogen-bond donors (Lipinski definition) is 2. The third-order valence-corrected chi connectivity index (χ3v) is 3.16. The summed E-state index contributed by atoms with van der Waals surface area (Å²) in [5, 5.41) is 11.8. The van der Waals surface area contributed by atoms with Crippen molar-refractivity contribution in [3.63, 3.8) is 0 Å². The van der Waals surface area contributed by atoms with Crippen LogP contribution in [0.4, 0.5) is 9.18 Å². The van der Waals surface area contributed by atoms with Gasteiger partial charge in [-0.05, 0) is 24.1 Å². The van der Waals surface area contributed by atoms with E-state index in [1.54, 1.807) is 17.0 Å². The molecule has 1 aromatic rings. The molecule has 18 heavy (non-hydrogen) atoms. The lowest BCUT2D eigenvalue weighted by Crippen LogP contribution is -2.38. The van der Waals surface area contributed by atoms with E-state index in [9.17, 15) is 9.18 Å². The summed E-state index contributed by atoms with van der Waals surface area (Å²) >= 11 is 0. The Hall–Kier alpha value is -1.62. The molecule has 98 valence electrons. The standard InChI is InChI=1S/C13H17FN2O2/c14-12-3-1-2-10(6-12)7-15-13(18)16-5-4-11(8-16)9-17/h1-3,6,11,17H,4-5,7-9H2,(H,15,18). The zero-order valence-corrected chi connectivity index (χ0v) is 10.1. The van der Waals surface area contributed by atoms with E-state index in [-0.39, 0.29) is 24.4 Å². The molecular formula is C13H17FN2O2. The molecule has 4 nitrogen and oxygen atoms in total. The summed E-state index contributed by atoms with van der Waals surface area (Å²) < 4.78 is 12.9. The van der Waals surface area contributed by atoms with Crippen LogP contribution < -0.4 is 5.32 Å². The number of amides is 2. The molecule has 0 aromatic heterocycles. The largest absolute Gasteiger partial charge is 0.396 e. The van der Waals surface area contributed by atoms with Crippen LogP contribution >= 0.6 is 0 Å². The molecule has 1 aliphatic heterocycles. The first kappa shape index (κ1) is 12.8. The zero-order chi connectivity index (χ0) is 13.0. The average molecular weight is 252 g/mol. The van der Waals surface area contributed by atoms with Gasteiger partial charge in [0.1, 0.15) is 5.82 Å². The number of urea groups is 1. The quantitative estimate of drug-likeness (QED) is 0.853. The summed E-state index contributed by atoms with van der Waals surface area (Å²) in [6.45, 7) is 1.69. The highest BCUT2D eigenvalue weighted by Crippen LogP contribution is 2.15. The van der Waals surface area contributed by atoms with E-state index in [0.29, 0.717) is 19.6 Å². The third-order valence-electron chi connectivity index (χ3n) is 3.16. The predicted molar refractivity (Wildman–Crippen MR) is 65.4 cm³/mol. The predicted octanol–water partition coefficient (Wildman–Crippen LogP) is 1.35. The summed E-state index contributed by atoms with van der Waals surface area (Å²) in [5.41, 5.74) is 0.737. The Kier molecular flexibility index (Phi) is 4.15. The molecule has 1 aliphatic rings. The SMILES string of the molecule is O=C(NCc1cccc(F)c1)N1CCC(CO)C1. The van der Waals surface area contributed by atoms with Gasteiger partial charge in [-0.25, -0.2) is 9.18 Å². The summed E-state index contributed by atoms with van der Waals surface area (Å²) in [6.07, 6.45) is 0.837. The molecule has 0 aliphatic carbocycles. The molecular weight excluding hydrogens is 235 g/mol. The second-order valence-electron chi connectivity index (χ2n) is 4.57. The maximum absolute atomic E-state index is 12.9. The van der Waals surface area contributed by atoms with Crippen molar-refractivity contribution in [2.24, 2.45) is 5.92 Å². The number of carbonyl (C=O) groups is 1. The molecule has 2 rings (SSSR count). The Morgan fingerprint density at radius 3 is 3.06 bits per heavy atom. The van der Waals surface area contributed by atoms with Crippen molar-refractivity contribution < 1.29 is 14.3 Å². The fourth-order valence-corrected chi connectivity index (χ4v) is 2.10. The molecule has 0 saturated carbocycles. The number of hydrogen-bond acceptors (Lipinski definition) is 2. The minimum Gasteiger partial charge on any atom is -0.396 e. The van der Waals surface area contributed by atoms with Crippen LogP contribution in [0.5, 0.6) is 0 Å². The summed E-state index contributed by atoms with van der Waals surface area (Å²) in [4.78, 5) is 13.5. The van der Waals surface area contributed by atoms with Crippen LogP contribution in [-0.2, 0) is 6.54 Å². The lowest BCUT2D eigenvalue weighted by atomic mass is 10.1. The van der Waals surface area contributed by atoms with E-state index < -0.39 is 0 Å². The molecule has 5 heteroatoms. The van der Waals surface area contributed by atoms with Crippen molar-refractivity contribution in [2.45, 2.75) is 13.0 Å². The van der Waals surface area contributed by atoms with E-state index in [0.717, 1.165) is 12.0 Å².